The average Bonchev–Trinajstić information content (AvgIpc) is 3.56. The van der Waals surface area contributed by atoms with Crippen LogP contribution >= 0.6 is 17.0 Å². The summed E-state index contributed by atoms with van der Waals surface area (Å²) in [5, 5.41) is 2.55. The number of hydrogen-bond acceptors (Lipinski definition) is 0. The normalized spacial score (nSPS) is 16.7. The predicted octanol–water partition coefficient (Wildman–Crippen LogP) is 10.6. The second-order valence-corrected chi connectivity index (χ2v) is 53.6. The molecule has 5 aromatic rings. The quantitative estimate of drug-likeness (QED) is 0.155. The van der Waals surface area contributed by atoms with E-state index >= 15 is 0 Å². The van der Waals surface area contributed by atoms with E-state index in [2.05, 4.69) is 129 Å². The molecule has 2 aliphatic rings. The van der Waals surface area contributed by atoms with Gasteiger partial charge in [-0.1, -0.05) is 0 Å². The van der Waals surface area contributed by atoms with Crippen molar-refractivity contribution in [1.82, 2.24) is 0 Å². The van der Waals surface area contributed by atoms with Crippen molar-refractivity contribution in [2.75, 3.05) is 0 Å². The fourth-order valence-electron chi connectivity index (χ4n) is 7.69. The number of benzene rings is 5. The average molecular weight is 670 g/mol. The van der Waals surface area contributed by atoms with Crippen LogP contribution in [0.3, 0.4) is 0 Å². The summed E-state index contributed by atoms with van der Waals surface area (Å²) in [5.41, 5.74) is 12.1. The van der Waals surface area contributed by atoms with Gasteiger partial charge in [-0.3, -0.25) is 0 Å². The molecule has 0 saturated carbocycles. The Morgan fingerprint density at radius 2 is 1.39 bits per heavy atom. The molecule has 5 aromatic carbocycles. The first-order valence-electron chi connectivity index (χ1n) is 14.9. The molecule has 7 rings (SSSR count). The van der Waals surface area contributed by atoms with Crippen LogP contribution in [0.2, 0.25) is 13.1 Å². The number of hydrogen-bond donors (Lipinski definition) is 0. The zero-order valence-electron chi connectivity index (χ0n) is 23.9. The first-order valence-corrected chi connectivity index (χ1v) is 31.0. The van der Waals surface area contributed by atoms with Crippen LogP contribution in [0.5, 0.6) is 0 Å². The second kappa shape index (κ2) is 10.2. The molecule has 1 atom stereocenters. The van der Waals surface area contributed by atoms with Gasteiger partial charge < -0.3 is 0 Å². The van der Waals surface area contributed by atoms with Crippen LogP contribution in [-0.4, -0.2) is 5.92 Å². The summed E-state index contributed by atoms with van der Waals surface area (Å²) in [6.45, 7) is 7.12. The van der Waals surface area contributed by atoms with E-state index in [0.717, 1.165) is 19.3 Å². The van der Waals surface area contributed by atoms with E-state index in [9.17, 15) is 0 Å². The Hall–Kier alpha value is -2.22. The minimum atomic E-state index is -4.74. The number of allylic oxidation sites excluding steroid dienone is 1. The van der Waals surface area contributed by atoms with Gasteiger partial charge >= 0.3 is 255 Å². The molecule has 0 amide bonds. The van der Waals surface area contributed by atoms with E-state index in [-0.39, 0.29) is 3.63 Å². The van der Waals surface area contributed by atoms with Gasteiger partial charge in [0.15, 0.2) is 0 Å². The number of fused-ring (bicyclic) bond motifs is 5. The summed E-state index contributed by atoms with van der Waals surface area (Å²) in [6, 6.07) is 37.9. The molecule has 0 aliphatic heterocycles. The molecule has 0 fully saturated rings. The van der Waals surface area contributed by atoms with Crippen molar-refractivity contribution in [2.45, 2.75) is 42.9 Å². The monoisotopic (exact) mass is 667 g/mol. The van der Waals surface area contributed by atoms with E-state index in [1.165, 1.54) is 64.1 Å². The van der Waals surface area contributed by atoms with E-state index in [4.69, 9.17) is 17.0 Å². The Balaban J connectivity index is 1.48. The van der Waals surface area contributed by atoms with Crippen LogP contribution < -0.4 is 3.27 Å². The van der Waals surface area contributed by atoms with E-state index < -0.39 is 21.5 Å². The first kappa shape index (κ1) is 27.6. The summed E-state index contributed by atoms with van der Waals surface area (Å²) in [7, 11) is 16.9. The zero-order valence-corrected chi connectivity index (χ0v) is 29.0. The third kappa shape index (κ3) is 4.09. The molecule has 0 aromatic heterocycles. The van der Waals surface area contributed by atoms with E-state index in [0.29, 0.717) is 0 Å². The molecule has 4 heteroatoms. The van der Waals surface area contributed by atoms with Gasteiger partial charge in [0.1, 0.15) is 0 Å². The third-order valence-corrected chi connectivity index (χ3v) is 59.7. The Morgan fingerprint density at radius 3 is 2.22 bits per heavy atom. The minimum absolute atomic E-state index is 0.103. The maximum atomic E-state index is 8.44. The van der Waals surface area contributed by atoms with Gasteiger partial charge in [0.2, 0.25) is 0 Å². The summed E-state index contributed by atoms with van der Waals surface area (Å²) >= 11 is -4.74. The van der Waals surface area contributed by atoms with Crippen molar-refractivity contribution >= 4 is 43.1 Å². The molecule has 2 aliphatic carbocycles. The summed E-state index contributed by atoms with van der Waals surface area (Å²) in [6.07, 6.45) is 5.51. The van der Waals surface area contributed by atoms with Crippen molar-refractivity contribution in [1.29, 1.82) is 0 Å². The van der Waals surface area contributed by atoms with Gasteiger partial charge in [0.05, 0.1) is 0 Å². The Labute approximate surface area is 252 Å². The molecule has 0 nitrogen and oxygen atoms in total. The molecular weight excluding hydrogens is 635 g/mol. The van der Waals surface area contributed by atoms with Crippen molar-refractivity contribution in [3.8, 4) is 22.3 Å². The molecule has 1 unspecified atom stereocenters. The van der Waals surface area contributed by atoms with Crippen molar-refractivity contribution in [3.05, 3.63) is 131 Å². The summed E-state index contributed by atoms with van der Waals surface area (Å²) in [4.78, 5) is 0. The van der Waals surface area contributed by atoms with Crippen LogP contribution in [0.15, 0.2) is 109 Å². The Kier molecular flexibility index (Phi) is 6.87. The van der Waals surface area contributed by atoms with Crippen LogP contribution in [0.25, 0.3) is 39.1 Å². The standard InChI is InChI=1S/C22H19.C13H9.C2H7Si.2ClH.Zr/c1-2-7-16-14-18-10-6-13-21(22(18)15-16)20-12-5-9-17-8-3-4-11-19(17)20;1-3-7-12-10(5-1)9-11-6-2-4-8-13(11)12;1-3-2;;;/h3-6,8-15H,2,7H2,1H3;1-5,7-8H,9H2;3H,1-2H3;2*1H;/q;;;;;+2/p-2. The zero-order chi connectivity index (χ0) is 28.4. The first-order chi connectivity index (χ1) is 19.8. The molecular formula is C37H35Cl2SiZr. The van der Waals surface area contributed by atoms with Gasteiger partial charge in [0.25, 0.3) is 0 Å². The van der Waals surface area contributed by atoms with Crippen molar-refractivity contribution < 1.29 is 15.6 Å². The molecule has 0 saturated heterocycles. The fourth-order valence-corrected chi connectivity index (χ4v) is 35.6. The van der Waals surface area contributed by atoms with Gasteiger partial charge in [0, 0.05) is 0 Å². The topological polar surface area (TPSA) is 0 Å². The van der Waals surface area contributed by atoms with Gasteiger partial charge in [-0.25, -0.2) is 0 Å². The Bertz CT molecular complexity index is 1860. The molecule has 0 bridgehead atoms. The number of rotatable bonds is 6. The molecule has 0 N–H and O–H groups in total. The van der Waals surface area contributed by atoms with Crippen LogP contribution in [0.4, 0.5) is 0 Å². The van der Waals surface area contributed by atoms with Gasteiger partial charge in [-0.05, 0) is 0 Å². The molecule has 205 valence electrons. The van der Waals surface area contributed by atoms with E-state index in [1.807, 2.05) is 0 Å². The molecule has 41 heavy (non-hydrogen) atoms. The number of halogens is 2. The van der Waals surface area contributed by atoms with Gasteiger partial charge in [-0.15, -0.1) is 0 Å². The van der Waals surface area contributed by atoms with Crippen molar-refractivity contribution in [3.63, 3.8) is 0 Å². The summed E-state index contributed by atoms with van der Waals surface area (Å²) in [5.74, 6) is -1.58. The Morgan fingerprint density at radius 1 is 0.732 bits per heavy atom. The third-order valence-electron chi connectivity index (χ3n) is 9.72. The molecule has 0 spiro atoms. The van der Waals surface area contributed by atoms with Crippen LogP contribution in [0, 0.1) is 0 Å². The van der Waals surface area contributed by atoms with Crippen molar-refractivity contribution in [2.24, 2.45) is 0 Å². The predicted molar refractivity (Wildman–Crippen MR) is 180 cm³/mol. The SMILES string of the molecule is CCCC1=Cc2c(-c3cccc4ccccc34)cccc2[CH]1[Zr]([Cl])([Cl])([c]1cccc2c1Cc1ccccc1-2)[SiH](C)C. The molecule has 0 heterocycles. The fraction of sp³-hybridized carbons (Fsp3) is 0.189. The second-order valence-electron chi connectivity index (χ2n) is 12.2. The summed E-state index contributed by atoms with van der Waals surface area (Å²) < 4.78 is 1.42. The maximum absolute atomic E-state index is 8.44. The molecule has 0 radical (unpaired) electrons. The van der Waals surface area contributed by atoms with Crippen LogP contribution in [-0.2, 0) is 22.0 Å². The van der Waals surface area contributed by atoms with E-state index in [1.54, 1.807) is 0 Å². The van der Waals surface area contributed by atoms with Gasteiger partial charge in [-0.2, -0.15) is 0 Å². The van der Waals surface area contributed by atoms with Crippen LogP contribution in [0.1, 0.15) is 45.6 Å².